The van der Waals surface area contributed by atoms with E-state index in [1.165, 1.54) is 0 Å². The molecule has 3 aromatic rings. The summed E-state index contributed by atoms with van der Waals surface area (Å²) in [5.74, 6) is 0.955. The molecular weight excluding hydrogens is 328 g/mol. The van der Waals surface area contributed by atoms with Crippen LogP contribution >= 0.6 is 27.5 Å². The van der Waals surface area contributed by atoms with Gasteiger partial charge in [-0.2, -0.15) is 4.98 Å². The van der Waals surface area contributed by atoms with Gasteiger partial charge in [-0.15, -0.1) is 0 Å². The van der Waals surface area contributed by atoms with Crippen molar-refractivity contribution in [1.29, 1.82) is 0 Å². The fourth-order valence-corrected chi connectivity index (χ4v) is 2.33. The Hall–Kier alpha value is -1.65. The minimum Gasteiger partial charge on any atom is -0.334 e. The first-order valence-electron chi connectivity index (χ1n) is 5.58. The van der Waals surface area contributed by atoms with Crippen molar-refractivity contribution in [2.24, 2.45) is 0 Å². The van der Waals surface area contributed by atoms with Crippen molar-refractivity contribution >= 4 is 27.5 Å². The zero-order valence-electron chi connectivity index (χ0n) is 9.68. The summed E-state index contributed by atoms with van der Waals surface area (Å²) >= 11 is 9.52. The van der Waals surface area contributed by atoms with E-state index in [0.717, 1.165) is 15.6 Å². The van der Waals surface area contributed by atoms with Gasteiger partial charge in [-0.05, 0) is 24.3 Å². The highest BCUT2D eigenvalue weighted by atomic mass is 79.9. The molecule has 0 radical (unpaired) electrons. The van der Waals surface area contributed by atoms with Crippen LogP contribution in [0, 0.1) is 0 Å². The number of rotatable bonds is 2. The molecule has 1 heterocycles. The van der Waals surface area contributed by atoms with Crippen molar-refractivity contribution in [2.45, 2.75) is 0 Å². The molecule has 0 aliphatic heterocycles. The van der Waals surface area contributed by atoms with Gasteiger partial charge >= 0.3 is 0 Å². The molecule has 0 fully saturated rings. The van der Waals surface area contributed by atoms with E-state index in [1.807, 2.05) is 42.5 Å². The number of nitrogens with zero attached hydrogens (tertiary/aromatic N) is 2. The Morgan fingerprint density at radius 2 is 1.89 bits per heavy atom. The van der Waals surface area contributed by atoms with Gasteiger partial charge in [0, 0.05) is 10.0 Å². The minimum absolute atomic E-state index is 0.417. The van der Waals surface area contributed by atoms with Crippen LogP contribution in [0.15, 0.2) is 57.5 Å². The second kappa shape index (κ2) is 5.15. The summed E-state index contributed by atoms with van der Waals surface area (Å²) in [7, 11) is 0. The Bertz CT molecular complexity index is 727. The third kappa shape index (κ3) is 2.55. The SMILES string of the molecule is Clc1ccccc1-c1nc(-c2cccc(Br)c2)no1. The highest BCUT2D eigenvalue weighted by molar-refractivity contribution is 9.10. The minimum atomic E-state index is 0.417. The fraction of sp³-hybridized carbons (Fsp3) is 0. The van der Waals surface area contributed by atoms with Crippen molar-refractivity contribution in [1.82, 2.24) is 10.1 Å². The van der Waals surface area contributed by atoms with Gasteiger partial charge in [0.25, 0.3) is 5.89 Å². The van der Waals surface area contributed by atoms with E-state index < -0.39 is 0 Å². The van der Waals surface area contributed by atoms with Crippen molar-refractivity contribution in [3.8, 4) is 22.8 Å². The van der Waals surface area contributed by atoms with Gasteiger partial charge in [0.15, 0.2) is 0 Å². The first-order valence-corrected chi connectivity index (χ1v) is 6.76. The summed E-state index contributed by atoms with van der Waals surface area (Å²) in [5, 5.41) is 4.57. The first kappa shape index (κ1) is 12.4. The number of benzene rings is 2. The van der Waals surface area contributed by atoms with Crippen LogP contribution in [-0.2, 0) is 0 Å². The second-order valence-electron chi connectivity index (χ2n) is 3.91. The van der Waals surface area contributed by atoms with Gasteiger partial charge in [0.1, 0.15) is 0 Å². The molecule has 0 bridgehead atoms. The van der Waals surface area contributed by atoms with Crippen LogP contribution in [0.3, 0.4) is 0 Å². The molecule has 19 heavy (non-hydrogen) atoms. The molecular formula is C14H8BrClN2O. The molecule has 1 aromatic heterocycles. The van der Waals surface area contributed by atoms with Crippen molar-refractivity contribution < 1.29 is 4.52 Å². The lowest BCUT2D eigenvalue weighted by Gasteiger charge is -1.96. The lowest BCUT2D eigenvalue weighted by atomic mass is 10.2. The Morgan fingerprint density at radius 1 is 1.05 bits per heavy atom. The summed E-state index contributed by atoms with van der Waals surface area (Å²) in [4.78, 5) is 4.37. The zero-order valence-corrected chi connectivity index (χ0v) is 12.0. The predicted molar refractivity (Wildman–Crippen MR) is 77.9 cm³/mol. The summed E-state index contributed by atoms with van der Waals surface area (Å²) in [5.41, 5.74) is 1.62. The smallest absolute Gasteiger partial charge is 0.259 e. The van der Waals surface area contributed by atoms with Gasteiger partial charge in [-0.3, -0.25) is 0 Å². The van der Waals surface area contributed by atoms with Crippen molar-refractivity contribution in [2.75, 3.05) is 0 Å². The third-order valence-electron chi connectivity index (χ3n) is 2.61. The third-order valence-corrected chi connectivity index (χ3v) is 3.44. The molecule has 94 valence electrons. The van der Waals surface area contributed by atoms with Crippen molar-refractivity contribution in [3.05, 3.63) is 58.0 Å². The summed E-state index contributed by atoms with van der Waals surface area (Å²) in [6.07, 6.45) is 0. The molecule has 3 rings (SSSR count). The van der Waals surface area contributed by atoms with E-state index in [0.29, 0.717) is 16.7 Å². The van der Waals surface area contributed by atoms with Gasteiger partial charge in [0.05, 0.1) is 10.6 Å². The molecule has 3 nitrogen and oxygen atoms in total. The van der Waals surface area contributed by atoms with Crippen LogP contribution in [0.25, 0.3) is 22.8 Å². The fourth-order valence-electron chi connectivity index (χ4n) is 1.71. The second-order valence-corrected chi connectivity index (χ2v) is 5.24. The lowest BCUT2D eigenvalue weighted by molar-refractivity contribution is 0.432. The Kier molecular flexibility index (Phi) is 3.36. The normalized spacial score (nSPS) is 10.6. The summed E-state index contributed by atoms with van der Waals surface area (Å²) in [6, 6.07) is 15.1. The van der Waals surface area contributed by atoms with E-state index in [9.17, 15) is 0 Å². The Morgan fingerprint density at radius 3 is 2.68 bits per heavy atom. The van der Waals surface area contributed by atoms with E-state index in [-0.39, 0.29) is 0 Å². The molecule has 0 spiro atoms. The maximum absolute atomic E-state index is 6.10. The Labute approximate surface area is 123 Å². The first-order chi connectivity index (χ1) is 9.24. The molecule has 0 amide bonds. The number of hydrogen-bond donors (Lipinski definition) is 0. The lowest BCUT2D eigenvalue weighted by Crippen LogP contribution is -1.82. The standard InChI is InChI=1S/C14H8BrClN2O/c15-10-5-3-4-9(8-10)13-17-14(19-18-13)11-6-1-2-7-12(11)16/h1-8H. The highest BCUT2D eigenvalue weighted by Gasteiger charge is 2.12. The molecule has 0 saturated heterocycles. The monoisotopic (exact) mass is 334 g/mol. The maximum atomic E-state index is 6.10. The van der Waals surface area contributed by atoms with Crippen LogP contribution in [0.5, 0.6) is 0 Å². The predicted octanol–water partition coefficient (Wildman–Crippen LogP) is 4.82. The van der Waals surface area contributed by atoms with Crippen molar-refractivity contribution in [3.63, 3.8) is 0 Å². The molecule has 0 saturated carbocycles. The molecule has 0 atom stereocenters. The van der Waals surface area contributed by atoms with E-state index in [1.54, 1.807) is 6.07 Å². The van der Waals surface area contributed by atoms with Gasteiger partial charge in [-0.25, -0.2) is 0 Å². The maximum Gasteiger partial charge on any atom is 0.259 e. The van der Waals surface area contributed by atoms with Crippen LogP contribution in [0.2, 0.25) is 5.02 Å². The molecule has 2 aromatic carbocycles. The van der Waals surface area contributed by atoms with Crippen LogP contribution in [0.1, 0.15) is 0 Å². The zero-order chi connectivity index (χ0) is 13.2. The van der Waals surface area contributed by atoms with Crippen LogP contribution in [-0.4, -0.2) is 10.1 Å². The average molecular weight is 336 g/mol. The number of halogens is 2. The van der Waals surface area contributed by atoms with Gasteiger partial charge < -0.3 is 4.52 Å². The number of hydrogen-bond acceptors (Lipinski definition) is 3. The largest absolute Gasteiger partial charge is 0.334 e. The molecule has 0 unspecified atom stereocenters. The Balaban J connectivity index is 2.03. The van der Waals surface area contributed by atoms with Gasteiger partial charge in [0.2, 0.25) is 5.82 Å². The molecule has 0 aliphatic carbocycles. The van der Waals surface area contributed by atoms with Crippen LogP contribution < -0.4 is 0 Å². The number of aromatic nitrogens is 2. The van der Waals surface area contributed by atoms with Gasteiger partial charge in [-0.1, -0.05) is 57.0 Å². The topological polar surface area (TPSA) is 38.9 Å². The summed E-state index contributed by atoms with van der Waals surface area (Å²) in [6.45, 7) is 0. The molecule has 0 N–H and O–H groups in total. The highest BCUT2D eigenvalue weighted by Crippen LogP contribution is 2.28. The molecule has 5 heteroatoms. The average Bonchev–Trinajstić information content (AvgIpc) is 2.89. The van der Waals surface area contributed by atoms with Crippen LogP contribution in [0.4, 0.5) is 0 Å². The van der Waals surface area contributed by atoms with E-state index in [2.05, 4.69) is 26.1 Å². The molecule has 0 aliphatic rings. The van der Waals surface area contributed by atoms with E-state index >= 15 is 0 Å². The summed E-state index contributed by atoms with van der Waals surface area (Å²) < 4.78 is 6.23. The van der Waals surface area contributed by atoms with E-state index in [4.69, 9.17) is 16.1 Å². The quantitative estimate of drug-likeness (QED) is 0.674.